The minimum absolute atomic E-state index is 0.252. The van der Waals surface area contributed by atoms with E-state index in [4.69, 9.17) is 4.74 Å². The summed E-state index contributed by atoms with van der Waals surface area (Å²) in [5, 5.41) is 5.08. The molecule has 168 valence electrons. The van der Waals surface area contributed by atoms with Crippen molar-refractivity contribution in [1.29, 1.82) is 0 Å². The molecule has 0 radical (unpaired) electrons. The van der Waals surface area contributed by atoms with Crippen LogP contribution in [0.25, 0.3) is 11.3 Å². The molecule has 3 aromatic carbocycles. The predicted molar refractivity (Wildman–Crippen MR) is 133 cm³/mol. The maximum absolute atomic E-state index is 13.1. The van der Waals surface area contributed by atoms with Crippen LogP contribution in [0.1, 0.15) is 15.9 Å². The predicted octanol–water partition coefficient (Wildman–Crippen LogP) is 5.65. The van der Waals surface area contributed by atoms with Gasteiger partial charge in [-0.25, -0.2) is 13.5 Å². The van der Waals surface area contributed by atoms with Gasteiger partial charge in [-0.05, 0) is 55.5 Å². The number of rotatable bonds is 7. The Bertz CT molecular complexity index is 1290. The summed E-state index contributed by atoms with van der Waals surface area (Å²) in [6, 6.07) is 21.3. The van der Waals surface area contributed by atoms with Crippen LogP contribution in [0, 0.1) is 6.92 Å². The summed E-state index contributed by atoms with van der Waals surface area (Å²) >= 11 is -1.08. The monoisotopic (exact) mass is 479 g/mol. The van der Waals surface area contributed by atoms with E-state index in [1.54, 1.807) is 43.5 Å². The molecule has 2 N–H and O–H groups in total. The smallest absolute Gasteiger partial charge is 0.266 e. The van der Waals surface area contributed by atoms with Gasteiger partial charge in [-0.15, -0.1) is 11.3 Å². The van der Waals surface area contributed by atoms with Gasteiger partial charge >= 0.3 is 0 Å². The van der Waals surface area contributed by atoms with Crippen LogP contribution in [0.3, 0.4) is 0 Å². The number of hydrogen-bond acceptors (Lipinski definition) is 5. The van der Waals surface area contributed by atoms with E-state index < -0.39 is 17.2 Å². The Morgan fingerprint density at radius 1 is 1.06 bits per heavy atom. The number of methoxy groups -OCH3 is 1. The standard InChI is InChI=1S/C24H21N3O4S2/c1-16-7-11-18(12-8-16)27(33(29)30)22-6-4-3-5-20(22)23(28)26-24-25-21(15-32-24)17-9-13-19(31-2)14-10-17/h3-15H,1-2H3,(H,29,30)(H,25,26,28). The number of carbonyl (C=O) groups excluding carboxylic acids is 1. The molecule has 7 nitrogen and oxygen atoms in total. The lowest BCUT2D eigenvalue weighted by atomic mass is 10.1. The first-order valence-corrected chi connectivity index (χ1v) is 11.9. The van der Waals surface area contributed by atoms with Gasteiger partial charge in [0.1, 0.15) is 5.75 Å². The van der Waals surface area contributed by atoms with Gasteiger partial charge in [0.05, 0.1) is 29.7 Å². The number of nitrogens with one attached hydrogen (secondary N) is 1. The van der Waals surface area contributed by atoms with E-state index in [2.05, 4.69) is 10.3 Å². The van der Waals surface area contributed by atoms with Gasteiger partial charge in [-0.2, -0.15) is 0 Å². The molecule has 0 bridgehead atoms. The van der Waals surface area contributed by atoms with Crippen molar-refractivity contribution in [1.82, 2.24) is 4.98 Å². The summed E-state index contributed by atoms with van der Waals surface area (Å²) in [7, 11) is 1.61. The fourth-order valence-corrected chi connectivity index (χ4v) is 4.57. The van der Waals surface area contributed by atoms with Gasteiger partial charge in [-0.3, -0.25) is 14.7 Å². The minimum Gasteiger partial charge on any atom is -0.497 e. The third-order valence-corrected chi connectivity index (χ3v) is 6.38. The molecule has 4 aromatic rings. The highest BCUT2D eigenvalue weighted by molar-refractivity contribution is 7.81. The van der Waals surface area contributed by atoms with E-state index >= 15 is 0 Å². The third kappa shape index (κ3) is 5.11. The Labute approximate surface area is 198 Å². The fraction of sp³-hybridized carbons (Fsp3) is 0.0833. The number of carbonyl (C=O) groups is 1. The van der Waals surface area contributed by atoms with Crippen molar-refractivity contribution in [3.8, 4) is 17.0 Å². The van der Waals surface area contributed by atoms with Crippen LogP contribution in [0.5, 0.6) is 5.75 Å². The van der Waals surface area contributed by atoms with Gasteiger partial charge in [-0.1, -0.05) is 29.8 Å². The van der Waals surface area contributed by atoms with Gasteiger partial charge in [0.2, 0.25) is 0 Å². The lowest BCUT2D eigenvalue weighted by molar-refractivity contribution is 0.102. The second-order valence-electron chi connectivity index (χ2n) is 7.10. The third-order valence-electron chi connectivity index (χ3n) is 4.90. The largest absolute Gasteiger partial charge is 0.497 e. The molecule has 0 fully saturated rings. The molecule has 1 amide bonds. The molecule has 0 saturated heterocycles. The highest BCUT2D eigenvalue weighted by atomic mass is 32.2. The molecule has 33 heavy (non-hydrogen) atoms. The van der Waals surface area contributed by atoms with Gasteiger partial charge in [0, 0.05) is 10.9 Å². The van der Waals surface area contributed by atoms with E-state index in [1.165, 1.54) is 15.6 Å². The summed E-state index contributed by atoms with van der Waals surface area (Å²) in [6.45, 7) is 1.93. The molecule has 0 saturated carbocycles. The molecule has 9 heteroatoms. The second kappa shape index (κ2) is 9.95. The van der Waals surface area contributed by atoms with Crippen LogP contribution >= 0.6 is 11.3 Å². The Morgan fingerprint density at radius 3 is 2.42 bits per heavy atom. The van der Waals surface area contributed by atoms with Crippen LogP contribution in [-0.4, -0.2) is 26.8 Å². The Kier molecular flexibility index (Phi) is 6.83. The molecule has 0 aliphatic heterocycles. The number of aromatic nitrogens is 1. The first-order chi connectivity index (χ1) is 16.0. The summed E-state index contributed by atoms with van der Waals surface area (Å²) in [4.78, 5) is 17.6. The quantitative estimate of drug-likeness (QED) is 0.334. The number of ether oxygens (including phenoxy) is 1. The van der Waals surface area contributed by atoms with E-state index in [1.807, 2.05) is 48.7 Å². The van der Waals surface area contributed by atoms with Crippen LogP contribution in [0.2, 0.25) is 0 Å². The number of thiazole rings is 1. The van der Waals surface area contributed by atoms with E-state index in [0.717, 1.165) is 22.6 Å². The zero-order chi connectivity index (χ0) is 23.4. The van der Waals surface area contributed by atoms with Gasteiger partial charge in [0.15, 0.2) is 5.13 Å². The van der Waals surface area contributed by atoms with Crippen molar-refractivity contribution in [3.63, 3.8) is 0 Å². The van der Waals surface area contributed by atoms with Crippen molar-refractivity contribution in [2.75, 3.05) is 16.7 Å². The number of aryl methyl sites for hydroxylation is 1. The number of amides is 1. The molecular formula is C24H21N3O4S2. The molecule has 0 spiro atoms. The van der Waals surface area contributed by atoms with E-state index in [-0.39, 0.29) is 5.56 Å². The fourth-order valence-electron chi connectivity index (χ4n) is 3.23. The first kappa shape index (κ1) is 22.7. The number of para-hydroxylation sites is 1. The second-order valence-corrected chi connectivity index (χ2v) is 8.78. The Balaban J connectivity index is 1.60. The van der Waals surface area contributed by atoms with Crippen LogP contribution in [-0.2, 0) is 11.3 Å². The number of anilines is 3. The maximum atomic E-state index is 13.1. The van der Waals surface area contributed by atoms with Crippen molar-refractivity contribution in [2.24, 2.45) is 0 Å². The molecule has 1 atom stereocenters. The summed E-state index contributed by atoms with van der Waals surface area (Å²) in [5.41, 5.74) is 3.70. The van der Waals surface area contributed by atoms with Crippen LogP contribution in [0.15, 0.2) is 78.2 Å². The molecule has 1 unspecified atom stereocenters. The van der Waals surface area contributed by atoms with Crippen LogP contribution in [0.4, 0.5) is 16.5 Å². The average molecular weight is 480 g/mol. The lowest BCUT2D eigenvalue weighted by Gasteiger charge is -2.22. The first-order valence-electron chi connectivity index (χ1n) is 9.94. The van der Waals surface area contributed by atoms with E-state index in [9.17, 15) is 13.6 Å². The zero-order valence-electron chi connectivity index (χ0n) is 17.9. The lowest BCUT2D eigenvalue weighted by Crippen LogP contribution is -2.23. The highest BCUT2D eigenvalue weighted by Crippen LogP contribution is 2.32. The summed E-state index contributed by atoms with van der Waals surface area (Å²) < 4.78 is 28.6. The van der Waals surface area contributed by atoms with Gasteiger partial charge < -0.3 is 4.74 Å². The number of hydrogen-bond donors (Lipinski definition) is 2. The van der Waals surface area contributed by atoms with Crippen molar-refractivity contribution in [2.45, 2.75) is 6.92 Å². The van der Waals surface area contributed by atoms with Crippen molar-refractivity contribution >= 4 is 45.0 Å². The maximum Gasteiger partial charge on any atom is 0.266 e. The summed E-state index contributed by atoms with van der Waals surface area (Å²) in [5.74, 6) is 0.322. The zero-order valence-corrected chi connectivity index (χ0v) is 19.5. The highest BCUT2D eigenvalue weighted by Gasteiger charge is 2.22. The van der Waals surface area contributed by atoms with Crippen molar-refractivity contribution in [3.05, 3.63) is 89.3 Å². The van der Waals surface area contributed by atoms with Crippen molar-refractivity contribution < 1.29 is 18.3 Å². The topological polar surface area (TPSA) is 91.8 Å². The molecule has 0 aliphatic carbocycles. The SMILES string of the molecule is COc1ccc(-c2csc(NC(=O)c3ccccc3N(c3ccc(C)cc3)S(=O)O)n2)cc1. The van der Waals surface area contributed by atoms with Crippen LogP contribution < -0.4 is 14.4 Å². The average Bonchev–Trinajstić information content (AvgIpc) is 3.29. The normalized spacial score (nSPS) is 11.6. The van der Waals surface area contributed by atoms with Gasteiger partial charge in [0.25, 0.3) is 17.2 Å². The number of nitrogens with zero attached hydrogens (tertiary/aromatic N) is 2. The Morgan fingerprint density at radius 2 is 1.76 bits per heavy atom. The molecule has 0 aliphatic rings. The molecule has 1 aromatic heterocycles. The molecule has 4 rings (SSSR count). The molecule has 1 heterocycles. The summed E-state index contributed by atoms with van der Waals surface area (Å²) in [6.07, 6.45) is 0. The Hall–Kier alpha value is -3.53. The molecular weight excluding hydrogens is 458 g/mol. The van der Waals surface area contributed by atoms with E-state index in [0.29, 0.717) is 16.5 Å². The number of benzene rings is 3. The minimum atomic E-state index is -2.38.